The van der Waals surface area contributed by atoms with Gasteiger partial charge in [0.2, 0.25) is 5.91 Å². The largest absolute Gasteiger partial charge is 0.497 e. The molecule has 0 aliphatic carbocycles. The molecular formula is C18H22N2O4. The van der Waals surface area contributed by atoms with E-state index in [-0.39, 0.29) is 12.5 Å². The van der Waals surface area contributed by atoms with Crippen LogP contribution in [0.25, 0.3) is 0 Å². The summed E-state index contributed by atoms with van der Waals surface area (Å²) in [6.07, 6.45) is 0. The molecule has 0 heterocycles. The number of hydrogen-bond acceptors (Lipinski definition) is 5. The topological polar surface area (TPSA) is 68.8 Å². The zero-order valence-electron chi connectivity index (χ0n) is 13.9. The lowest BCUT2D eigenvalue weighted by atomic mass is 10.3. The van der Waals surface area contributed by atoms with Gasteiger partial charge in [-0.25, -0.2) is 0 Å². The Kier molecular flexibility index (Phi) is 6.91. The van der Waals surface area contributed by atoms with Gasteiger partial charge in [-0.05, 0) is 36.4 Å². The first-order valence-corrected chi connectivity index (χ1v) is 7.61. The highest BCUT2D eigenvalue weighted by Gasteiger charge is 2.03. The van der Waals surface area contributed by atoms with Gasteiger partial charge in [-0.3, -0.25) is 4.79 Å². The van der Waals surface area contributed by atoms with Gasteiger partial charge >= 0.3 is 0 Å². The Balaban J connectivity index is 1.81. The van der Waals surface area contributed by atoms with Gasteiger partial charge in [0.15, 0.2) is 0 Å². The van der Waals surface area contributed by atoms with Gasteiger partial charge in [-0.1, -0.05) is 6.07 Å². The fourth-order valence-corrected chi connectivity index (χ4v) is 2.00. The monoisotopic (exact) mass is 330 g/mol. The molecule has 128 valence electrons. The maximum Gasteiger partial charge on any atom is 0.243 e. The van der Waals surface area contributed by atoms with Crippen molar-refractivity contribution < 1.29 is 19.0 Å². The number of hydrogen-bond donors (Lipinski definition) is 2. The number of carbonyl (C=O) groups excluding carboxylic acids is 1. The quantitative estimate of drug-likeness (QED) is 0.692. The summed E-state index contributed by atoms with van der Waals surface area (Å²) in [6.45, 7) is 1.17. The summed E-state index contributed by atoms with van der Waals surface area (Å²) in [5.41, 5.74) is 1.54. The molecule has 6 heteroatoms. The zero-order valence-corrected chi connectivity index (χ0v) is 13.9. The number of carbonyl (C=O) groups is 1. The third-order valence-electron chi connectivity index (χ3n) is 3.22. The number of methoxy groups -OCH3 is 2. The van der Waals surface area contributed by atoms with E-state index in [0.29, 0.717) is 13.2 Å². The molecule has 0 radical (unpaired) electrons. The van der Waals surface area contributed by atoms with E-state index in [0.717, 1.165) is 22.9 Å². The highest BCUT2D eigenvalue weighted by molar-refractivity contribution is 5.93. The van der Waals surface area contributed by atoms with Gasteiger partial charge in [0, 0.05) is 24.6 Å². The van der Waals surface area contributed by atoms with Crippen molar-refractivity contribution in [3.05, 3.63) is 48.5 Å². The second-order valence-electron chi connectivity index (χ2n) is 5.00. The molecule has 0 unspecified atom stereocenters. The molecule has 2 rings (SSSR count). The molecule has 6 nitrogen and oxygen atoms in total. The van der Waals surface area contributed by atoms with Crippen LogP contribution in [0, 0.1) is 0 Å². The molecule has 0 saturated heterocycles. The van der Waals surface area contributed by atoms with Crippen LogP contribution in [0.3, 0.4) is 0 Å². The molecule has 2 aromatic rings. The van der Waals surface area contributed by atoms with Gasteiger partial charge < -0.3 is 24.8 Å². The molecule has 24 heavy (non-hydrogen) atoms. The van der Waals surface area contributed by atoms with Gasteiger partial charge in [0.25, 0.3) is 0 Å². The van der Waals surface area contributed by atoms with Crippen LogP contribution in [0.15, 0.2) is 48.5 Å². The predicted octanol–water partition coefficient (Wildman–Crippen LogP) is 2.77. The van der Waals surface area contributed by atoms with Crippen LogP contribution in [-0.4, -0.2) is 39.9 Å². The second kappa shape index (κ2) is 9.42. The van der Waals surface area contributed by atoms with E-state index < -0.39 is 0 Å². The molecule has 0 aromatic heterocycles. The fourth-order valence-electron chi connectivity index (χ4n) is 2.00. The van der Waals surface area contributed by atoms with Crippen LogP contribution in [0.2, 0.25) is 0 Å². The molecule has 0 bridgehead atoms. The van der Waals surface area contributed by atoms with Crippen molar-refractivity contribution in [2.24, 2.45) is 0 Å². The minimum Gasteiger partial charge on any atom is -0.497 e. The van der Waals surface area contributed by atoms with Crippen molar-refractivity contribution >= 4 is 17.3 Å². The van der Waals surface area contributed by atoms with Crippen molar-refractivity contribution in [2.45, 2.75) is 0 Å². The Morgan fingerprint density at radius 3 is 2.46 bits per heavy atom. The summed E-state index contributed by atoms with van der Waals surface area (Å²) in [5, 5.41) is 5.89. The Morgan fingerprint density at radius 1 is 0.958 bits per heavy atom. The summed E-state index contributed by atoms with van der Waals surface area (Å²) in [5.74, 6) is 1.34. The Labute approximate surface area is 141 Å². The number of nitrogens with one attached hydrogen (secondary N) is 2. The second-order valence-corrected chi connectivity index (χ2v) is 5.00. The summed E-state index contributed by atoms with van der Waals surface area (Å²) in [4.78, 5) is 12.0. The maximum atomic E-state index is 12.0. The summed E-state index contributed by atoms with van der Waals surface area (Å²) < 4.78 is 15.6. The van der Waals surface area contributed by atoms with E-state index in [9.17, 15) is 4.79 Å². The molecule has 1 amide bonds. The molecule has 0 spiro atoms. The standard InChI is InChI=1S/C18H22N2O4/c1-22-10-11-24-17-5-3-4-15(12-17)19-13-18(21)20-14-6-8-16(23-2)9-7-14/h3-9,12,19H,10-11,13H2,1-2H3,(H,20,21). The Hall–Kier alpha value is -2.73. The van der Waals surface area contributed by atoms with E-state index in [2.05, 4.69) is 10.6 Å². The molecule has 0 aliphatic rings. The summed E-state index contributed by atoms with van der Waals surface area (Å²) in [7, 11) is 3.23. The normalized spacial score (nSPS) is 10.1. The maximum absolute atomic E-state index is 12.0. The number of anilines is 2. The summed E-state index contributed by atoms with van der Waals surface area (Å²) >= 11 is 0. The third-order valence-corrected chi connectivity index (χ3v) is 3.22. The average molecular weight is 330 g/mol. The highest BCUT2D eigenvalue weighted by Crippen LogP contribution is 2.17. The van der Waals surface area contributed by atoms with E-state index in [1.807, 2.05) is 24.3 Å². The molecule has 0 atom stereocenters. The van der Waals surface area contributed by atoms with Gasteiger partial charge in [0.05, 0.1) is 20.3 Å². The minimum absolute atomic E-state index is 0.133. The van der Waals surface area contributed by atoms with Gasteiger partial charge in [0.1, 0.15) is 18.1 Å². The predicted molar refractivity (Wildman–Crippen MR) is 93.9 cm³/mol. The van der Waals surface area contributed by atoms with Gasteiger partial charge in [-0.2, -0.15) is 0 Å². The molecule has 2 N–H and O–H groups in total. The van der Waals surface area contributed by atoms with Gasteiger partial charge in [-0.15, -0.1) is 0 Å². The van der Waals surface area contributed by atoms with E-state index >= 15 is 0 Å². The van der Waals surface area contributed by atoms with E-state index in [1.165, 1.54) is 0 Å². The molecular weight excluding hydrogens is 308 g/mol. The summed E-state index contributed by atoms with van der Waals surface area (Å²) in [6, 6.07) is 14.6. The molecule has 2 aromatic carbocycles. The molecule has 0 aliphatic heterocycles. The first-order chi connectivity index (χ1) is 11.7. The van der Waals surface area contributed by atoms with Crippen LogP contribution >= 0.6 is 0 Å². The van der Waals surface area contributed by atoms with Crippen molar-refractivity contribution in [1.29, 1.82) is 0 Å². The Morgan fingerprint density at radius 2 is 1.75 bits per heavy atom. The van der Waals surface area contributed by atoms with Crippen molar-refractivity contribution in [3.63, 3.8) is 0 Å². The van der Waals surface area contributed by atoms with Crippen LogP contribution in [0.1, 0.15) is 0 Å². The van der Waals surface area contributed by atoms with Crippen LogP contribution in [0.4, 0.5) is 11.4 Å². The number of rotatable bonds is 9. The number of benzene rings is 2. The van der Waals surface area contributed by atoms with Crippen molar-refractivity contribution in [2.75, 3.05) is 44.6 Å². The zero-order chi connectivity index (χ0) is 17.2. The van der Waals surface area contributed by atoms with Crippen LogP contribution in [0.5, 0.6) is 11.5 Å². The minimum atomic E-state index is -0.133. The first kappa shape index (κ1) is 17.6. The number of ether oxygens (including phenoxy) is 3. The number of amides is 1. The third kappa shape index (κ3) is 5.81. The smallest absolute Gasteiger partial charge is 0.243 e. The first-order valence-electron chi connectivity index (χ1n) is 7.61. The lowest BCUT2D eigenvalue weighted by Gasteiger charge is -2.10. The SMILES string of the molecule is COCCOc1cccc(NCC(=O)Nc2ccc(OC)cc2)c1. The van der Waals surface area contributed by atoms with E-state index in [1.54, 1.807) is 38.5 Å². The average Bonchev–Trinajstić information content (AvgIpc) is 2.61. The van der Waals surface area contributed by atoms with Crippen molar-refractivity contribution in [1.82, 2.24) is 0 Å². The van der Waals surface area contributed by atoms with Crippen molar-refractivity contribution in [3.8, 4) is 11.5 Å². The lowest BCUT2D eigenvalue weighted by molar-refractivity contribution is -0.114. The highest BCUT2D eigenvalue weighted by atomic mass is 16.5. The lowest BCUT2D eigenvalue weighted by Crippen LogP contribution is -2.21. The van der Waals surface area contributed by atoms with Crippen LogP contribution in [-0.2, 0) is 9.53 Å². The van der Waals surface area contributed by atoms with Crippen LogP contribution < -0.4 is 20.1 Å². The molecule has 0 saturated carbocycles. The molecule has 0 fully saturated rings. The van der Waals surface area contributed by atoms with E-state index in [4.69, 9.17) is 14.2 Å². The Bertz CT molecular complexity index is 644. The fraction of sp³-hybridized carbons (Fsp3) is 0.278.